The highest BCUT2D eigenvalue weighted by Crippen LogP contribution is 2.37. The number of rotatable bonds is 8. The van der Waals surface area contributed by atoms with Gasteiger partial charge in [0, 0.05) is 4.43 Å². The van der Waals surface area contributed by atoms with E-state index in [-0.39, 0.29) is 0 Å². The van der Waals surface area contributed by atoms with Gasteiger partial charge in [-0.1, -0.05) is 69.0 Å². The van der Waals surface area contributed by atoms with Crippen molar-refractivity contribution in [2.75, 3.05) is 4.43 Å². The molecule has 0 radical (unpaired) electrons. The molecule has 0 atom stereocenters. The predicted octanol–water partition coefficient (Wildman–Crippen LogP) is 5.20. The number of hydrogen-bond acceptors (Lipinski definition) is 0. The molecule has 80 valence electrons. The van der Waals surface area contributed by atoms with Crippen LogP contribution < -0.4 is 0 Å². The summed E-state index contributed by atoms with van der Waals surface area (Å²) in [6.07, 6.45) is 9.80. The maximum absolute atomic E-state index is 2.59. The molecule has 0 nitrogen and oxygen atoms in total. The van der Waals surface area contributed by atoms with Crippen molar-refractivity contribution >= 4 is 22.6 Å². The van der Waals surface area contributed by atoms with Gasteiger partial charge in [0.05, 0.1) is 0 Å². The summed E-state index contributed by atoms with van der Waals surface area (Å²) in [7, 11) is 0. The van der Waals surface area contributed by atoms with E-state index in [0.29, 0.717) is 5.41 Å². The van der Waals surface area contributed by atoms with Crippen LogP contribution in [0.25, 0.3) is 0 Å². The van der Waals surface area contributed by atoms with E-state index in [4.69, 9.17) is 0 Å². The Morgan fingerprint density at radius 2 is 1.38 bits per heavy atom. The summed E-state index contributed by atoms with van der Waals surface area (Å²) in [5.41, 5.74) is 0.681. The molecule has 0 heterocycles. The molecule has 0 unspecified atom stereocenters. The Labute approximate surface area is 98.0 Å². The highest BCUT2D eigenvalue weighted by Gasteiger charge is 2.25. The third-order valence-corrected chi connectivity index (χ3v) is 4.52. The largest absolute Gasteiger partial charge is 0.0858 e. The first-order chi connectivity index (χ1) is 6.24. The van der Waals surface area contributed by atoms with Crippen LogP contribution in [0, 0.1) is 5.41 Å². The Kier molecular flexibility index (Phi) is 8.53. The van der Waals surface area contributed by atoms with Crippen LogP contribution in [0.5, 0.6) is 0 Å². The van der Waals surface area contributed by atoms with E-state index >= 15 is 0 Å². The van der Waals surface area contributed by atoms with Crippen LogP contribution >= 0.6 is 22.6 Å². The Balaban J connectivity index is 4.07. The molecule has 0 aliphatic carbocycles. The molecule has 0 aromatic carbocycles. The molecule has 0 saturated carbocycles. The van der Waals surface area contributed by atoms with Crippen molar-refractivity contribution < 1.29 is 0 Å². The molecule has 13 heavy (non-hydrogen) atoms. The highest BCUT2D eigenvalue weighted by atomic mass is 127. The summed E-state index contributed by atoms with van der Waals surface area (Å²) in [6, 6.07) is 0. The second kappa shape index (κ2) is 8.07. The van der Waals surface area contributed by atoms with Crippen molar-refractivity contribution in [1.82, 2.24) is 0 Å². The van der Waals surface area contributed by atoms with Crippen LogP contribution in [0.4, 0.5) is 0 Å². The van der Waals surface area contributed by atoms with Gasteiger partial charge in [-0.3, -0.25) is 0 Å². The maximum Gasteiger partial charge on any atom is 0.00519 e. The fraction of sp³-hybridized carbons (Fsp3) is 1.00. The van der Waals surface area contributed by atoms with Gasteiger partial charge in [0.2, 0.25) is 0 Å². The molecule has 0 aromatic rings. The Morgan fingerprint density at radius 1 is 0.846 bits per heavy atom. The van der Waals surface area contributed by atoms with Gasteiger partial charge in [0.1, 0.15) is 0 Å². The minimum Gasteiger partial charge on any atom is -0.0858 e. The standard InChI is InChI=1S/C12H25I/c1-4-7-10-12(11-13,8-5-2)9-6-3/h4-11H2,1-3H3. The lowest BCUT2D eigenvalue weighted by atomic mass is 9.77. The lowest BCUT2D eigenvalue weighted by molar-refractivity contribution is 0.249. The zero-order valence-corrected chi connectivity index (χ0v) is 11.7. The second-order valence-electron chi connectivity index (χ2n) is 4.24. The van der Waals surface area contributed by atoms with Crippen LogP contribution in [0.2, 0.25) is 0 Å². The minimum absolute atomic E-state index is 0.681. The molecule has 0 fully saturated rings. The molecular weight excluding hydrogens is 271 g/mol. The Bertz CT molecular complexity index is 104. The third-order valence-electron chi connectivity index (χ3n) is 2.90. The molecule has 0 spiro atoms. The smallest absolute Gasteiger partial charge is 0.00519 e. The summed E-state index contributed by atoms with van der Waals surface area (Å²) in [5.74, 6) is 0. The van der Waals surface area contributed by atoms with Crippen molar-refractivity contribution in [3.05, 3.63) is 0 Å². The van der Waals surface area contributed by atoms with E-state index in [2.05, 4.69) is 43.4 Å². The van der Waals surface area contributed by atoms with Gasteiger partial charge in [-0.25, -0.2) is 0 Å². The quantitative estimate of drug-likeness (QED) is 0.426. The van der Waals surface area contributed by atoms with Gasteiger partial charge in [-0.15, -0.1) is 0 Å². The summed E-state index contributed by atoms with van der Waals surface area (Å²) in [5, 5.41) is 0. The molecule has 0 aromatic heterocycles. The van der Waals surface area contributed by atoms with Crippen molar-refractivity contribution in [2.24, 2.45) is 5.41 Å². The van der Waals surface area contributed by atoms with E-state index < -0.39 is 0 Å². The molecule has 0 rings (SSSR count). The lowest BCUT2D eigenvalue weighted by Gasteiger charge is -2.31. The van der Waals surface area contributed by atoms with E-state index in [1.54, 1.807) is 0 Å². The number of hydrogen-bond donors (Lipinski definition) is 0. The van der Waals surface area contributed by atoms with Crippen LogP contribution in [0.15, 0.2) is 0 Å². The fourth-order valence-electron chi connectivity index (χ4n) is 2.19. The second-order valence-corrected chi connectivity index (χ2v) is 5.00. The van der Waals surface area contributed by atoms with Crippen LogP contribution in [0.3, 0.4) is 0 Å². The molecular formula is C12H25I. The average Bonchev–Trinajstić information content (AvgIpc) is 2.15. The first-order valence-corrected chi connectivity index (χ1v) is 7.33. The van der Waals surface area contributed by atoms with Gasteiger partial charge in [0.15, 0.2) is 0 Å². The first kappa shape index (κ1) is 13.7. The normalized spacial score (nSPS) is 12.0. The predicted molar refractivity (Wildman–Crippen MR) is 70.7 cm³/mol. The molecule has 0 aliphatic rings. The van der Waals surface area contributed by atoms with Gasteiger partial charge in [-0.2, -0.15) is 0 Å². The van der Waals surface area contributed by atoms with Crippen LogP contribution in [-0.2, 0) is 0 Å². The highest BCUT2D eigenvalue weighted by molar-refractivity contribution is 14.1. The van der Waals surface area contributed by atoms with Crippen molar-refractivity contribution in [3.8, 4) is 0 Å². The molecule has 0 bridgehead atoms. The maximum atomic E-state index is 2.59. The third kappa shape index (κ3) is 5.24. The molecule has 1 heteroatoms. The minimum atomic E-state index is 0.681. The molecule has 0 saturated heterocycles. The van der Waals surface area contributed by atoms with Gasteiger partial charge >= 0.3 is 0 Å². The topological polar surface area (TPSA) is 0 Å². The fourth-order valence-corrected chi connectivity index (χ4v) is 3.33. The zero-order valence-electron chi connectivity index (χ0n) is 9.53. The number of unbranched alkanes of at least 4 members (excludes halogenated alkanes) is 1. The average molecular weight is 296 g/mol. The van der Waals surface area contributed by atoms with Crippen molar-refractivity contribution in [3.63, 3.8) is 0 Å². The summed E-state index contributed by atoms with van der Waals surface area (Å²) >= 11 is 2.59. The Hall–Kier alpha value is 0.730. The van der Waals surface area contributed by atoms with Crippen LogP contribution in [-0.4, -0.2) is 4.43 Å². The summed E-state index contributed by atoms with van der Waals surface area (Å²) in [4.78, 5) is 0. The first-order valence-electron chi connectivity index (χ1n) is 5.80. The Morgan fingerprint density at radius 3 is 1.69 bits per heavy atom. The summed E-state index contributed by atoms with van der Waals surface area (Å²) < 4.78 is 1.35. The lowest BCUT2D eigenvalue weighted by Crippen LogP contribution is -2.22. The van der Waals surface area contributed by atoms with Crippen molar-refractivity contribution in [1.29, 1.82) is 0 Å². The van der Waals surface area contributed by atoms with Gasteiger partial charge < -0.3 is 0 Å². The number of alkyl halides is 1. The van der Waals surface area contributed by atoms with E-state index in [1.165, 1.54) is 49.4 Å². The monoisotopic (exact) mass is 296 g/mol. The van der Waals surface area contributed by atoms with E-state index in [0.717, 1.165) is 0 Å². The number of halogens is 1. The zero-order chi connectivity index (χ0) is 10.2. The van der Waals surface area contributed by atoms with E-state index in [9.17, 15) is 0 Å². The SMILES string of the molecule is CCCCC(CI)(CCC)CCC. The molecule has 0 N–H and O–H groups in total. The summed E-state index contributed by atoms with van der Waals surface area (Å²) in [6.45, 7) is 6.95. The molecule has 0 aliphatic heterocycles. The van der Waals surface area contributed by atoms with Gasteiger partial charge in [0.25, 0.3) is 0 Å². The van der Waals surface area contributed by atoms with Gasteiger partial charge in [-0.05, 0) is 24.7 Å². The molecule has 0 amide bonds. The van der Waals surface area contributed by atoms with Crippen LogP contribution in [0.1, 0.15) is 65.7 Å². The van der Waals surface area contributed by atoms with Crippen molar-refractivity contribution in [2.45, 2.75) is 65.7 Å². The van der Waals surface area contributed by atoms with E-state index in [1.807, 2.05) is 0 Å².